The number of hydrogen-bond donors (Lipinski definition) is 0. The van der Waals surface area contributed by atoms with E-state index in [0.717, 1.165) is 7.11 Å². The van der Waals surface area contributed by atoms with E-state index < -0.39 is 23.3 Å². The topological polar surface area (TPSA) is 93.5 Å². The van der Waals surface area contributed by atoms with Crippen LogP contribution in [0.2, 0.25) is 0 Å². The van der Waals surface area contributed by atoms with Crippen molar-refractivity contribution in [2.45, 2.75) is 19.3 Å². The molecule has 0 aromatic heterocycles. The van der Waals surface area contributed by atoms with Gasteiger partial charge in [-0.1, -0.05) is 0 Å². The molecular formula is C11H13NO5. The molecule has 0 amide bonds. The summed E-state index contributed by atoms with van der Waals surface area (Å²) in [6.45, 7) is 0. The second-order valence-electron chi connectivity index (χ2n) is 3.93. The number of nitriles is 1. The van der Waals surface area contributed by atoms with Gasteiger partial charge in [0.1, 0.15) is 11.7 Å². The van der Waals surface area contributed by atoms with E-state index in [0.29, 0.717) is 0 Å². The molecule has 1 fully saturated rings. The van der Waals surface area contributed by atoms with Crippen LogP contribution in [0.15, 0.2) is 0 Å². The van der Waals surface area contributed by atoms with E-state index in [1.807, 2.05) is 6.07 Å². The molecule has 0 heterocycles. The van der Waals surface area contributed by atoms with Gasteiger partial charge in [-0.05, 0) is 12.8 Å². The van der Waals surface area contributed by atoms with Crippen molar-refractivity contribution in [3.63, 3.8) is 0 Å². The van der Waals surface area contributed by atoms with Gasteiger partial charge >= 0.3 is 11.9 Å². The lowest BCUT2D eigenvalue weighted by Gasteiger charge is -2.30. The van der Waals surface area contributed by atoms with Crippen molar-refractivity contribution in [2.24, 2.45) is 11.3 Å². The van der Waals surface area contributed by atoms with Crippen LogP contribution in [0.1, 0.15) is 19.3 Å². The van der Waals surface area contributed by atoms with E-state index in [2.05, 4.69) is 9.47 Å². The summed E-state index contributed by atoms with van der Waals surface area (Å²) >= 11 is 0. The first kappa shape index (κ1) is 13.2. The van der Waals surface area contributed by atoms with Crippen LogP contribution in [0.5, 0.6) is 0 Å². The summed E-state index contributed by atoms with van der Waals surface area (Å²) in [6, 6.07) is 1.86. The van der Waals surface area contributed by atoms with Gasteiger partial charge in [0.25, 0.3) is 0 Å². The zero-order chi connectivity index (χ0) is 13.1. The maximum absolute atomic E-state index is 11.6. The molecule has 0 aliphatic heterocycles. The fourth-order valence-corrected chi connectivity index (χ4v) is 1.96. The molecule has 0 saturated heterocycles. The smallest absolute Gasteiger partial charge is 0.326 e. The lowest BCUT2D eigenvalue weighted by molar-refractivity contribution is -0.158. The minimum Gasteiger partial charge on any atom is -0.468 e. The fraction of sp³-hybridized carbons (Fsp3) is 0.636. The monoisotopic (exact) mass is 239 g/mol. The minimum atomic E-state index is -1.42. The van der Waals surface area contributed by atoms with Gasteiger partial charge in [-0.15, -0.1) is 0 Å². The predicted octanol–water partition coefficient (Wildman–Crippen LogP) is 0.212. The van der Waals surface area contributed by atoms with E-state index in [1.165, 1.54) is 7.11 Å². The highest BCUT2D eigenvalue weighted by atomic mass is 16.5. The number of carbonyl (C=O) groups is 3. The van der Waals surface area contributed by atoms with Crippen LogP contribution in [-0.4, -0.2) is 31.9 Å². The van der Waals surface area contributed by atoms with Gasteiger partial charge in [-0.2, -0.15) is 5.26 Å². The molecule has 6 nitrogen and oxygen atoms in total. The quantitative estimate of drug-likeness (QED) is 0.505. The summed E-state index contributed by atoms with van der Waals surface area (Å²) in [7, 11) is 2.33. The van der Waals surface area contributed by atoms with Gasteiger partial charge in [0.15, 0.2) is 5.41 Å². The molecule has 6 heteroatoms. The molecule has 0 aromatic carbocycles. The average molecular weight is 239 g/mol. The molecule has 1 aliphatic rings. The van der Waals surface area contributed by atoms with Crippen LogP contribution in [0.4, 0.5) is 0 Å². The molecule has 0 radical (unpaired) electrons. The van der Waals surface area contributed by atoms with Crippen LogP contribution in [0, 0.1) is 22.7 Å². The maximum atomic E-state index is 11.6. The summed E-state index contributed by atoms with van der Waals surface area (Å²) in [4.78, 5) is 34.5. The molecule has 0 spiro atoms. The summed E-state index contributed by atoms with van der Waals surface area (Å²) < 4.78 is 9.05. The van der Waals surface area contributed by atoms with E-state index in [4.69, 9.17) is 5.26 Å². The Balaban J connectivity index is 2.99. The van der Waals surface area contributed by atoms with Crippen LogP contribution in [0.3, 0.4) is 0 Å². The molecule has 92 valence electrons. The number of hydrogen-bond acceptors (Lipinski definition) is 6. The molecule has 2 atom stereocenters. The van der Waals surface area contributed by atoms with Crippen molar-refractivity contribution in [1.29, 1.82) is 5.26 Å². The Morgan fingerprint density at radius 3 is 2.53 bits per heavy atom. The SMILES string of the molecule is COC(=O)C1CC(C#N)(C(=O)OC)CCC1=O. The minimum absolute atomic E-state index is 0.00241. The third-order valence-corrected chi connectivity index (χ3v) is 3.02. The van der Waals surface area contributed by atoms with Crippen molar-refractivity contribution in [3.8, 4) is 6.07 Å². The van der Waals surface area contributed by atoms with Crippen LogP contribution < -0.4 is 0 Å². The van der Waals surface area contributed by atoms with Gasteiger partial charge in [-0.3, -0.25) is 14.4 Å². The summed E-state index contributed by atoms with van der Waals surface area (Å²) in [5.74, 6) is -2.77. The summed E-state index contributed by atoms with van der Waals surface area (Å²) in [6.07, 6.45) is -0.0768. The van der Waals surface area contributed by atoms with Crippen LogP contribution in [0.25, 0.3) is 0 Å². The second kappa shape index (κ2) is 4.95. The standard InChI is InChI=1S/C11H13NO5/c1-16-9(14)7-5-11(6-12,10(15)17-2)4-3-8(7)13/h7H,3-5H2,1-2H3. The number of esters is 2. The first-order valence-corrected chi connectivity index (χ1v) is 5.11. The van der Waals surface area contributed by atoms with Gasteiger partial charge < -0.3 is 9.47 Å². The zero-order valence-electron chi connectivity index (χ0n) is 9.69. The van der Waals surface area contributed by atoms with E-state index in [1.54, 1.807) is 0 Å². The van der Waals surface area contributed by atoms with E-state index in [-0.39, 0.29) is 25.0 Å². The molecule has 0 aromatic rings. The Kier molecular flexibility index (Phi) is 3.84. The highest BCUT2D eigenvalue weighted by Gasteiger charge is 2.49. The van der Waals surface area contributed by atoms with Crippen LogP contribution >= 0.6 is 0 Å². The maximum Gasteiger partial charge on any atom is 0.326 e. The van der Waals surface area contributed by atoms with Crippen molar-refractivity contribution in [1.82, 2.24) is 0 Å². The van der Waals surface area contributed by atoms with Gasteiger partial charge in [-0.25, -0.2) is 0 Å². The summed E-state index contributed by atoms with van der Waals surface area (Å²) in [5.41, 5.74) is -1.42. The van der Waals surface area contributed by atoms with Crippen molar-refractivity contribution < 1.29 is 23.9 Å². The Bertz CT molecular complexity index is 389. The Morgan fingerprint density at radius 1 is 1.41 bits per heavy atom. The highest BCUT2D eigenvalue weighted by molar-refractivity contribution is 6.01. The molecule has 0 N–H and O–H groups in total. The Hall–Kier alpha value is -1.90. The molecule has 1 saturated carbocycles. The first-order chi connectivity index (χ1) is 8.00. The lowest BCUT2D eigenvalue weighted by atomic mass is 9.70. The first-order valence-electron chi connectivity index (χ1n) is 5.11. The zero-order valence-corrected chi connectivity index (χ0v) is 9.69. The summed E-state index contributed by atoms with van der Waals surface area (Å²) in [5, 5.41) is 9.09. The highest BCUT2D eigenvalue weighted by Crippen LogP contribution is 2.38. The van der Waals surface area contributed by atoms with Crippen molar-refractivity contribution in [2.75, 3.05) is 14.2 Å². The largest absolute Gasteiger partial charge is 0.468 e. The third kappa shape index (κ3) is 2.28. The van der Waals surface area contributed by atoms with Crippen molar-refractivity contribution in [3.05, 3.63) is 0 Å². The molecule has 1 aliphatic carbocycles. The van der Waals surface area contributed by atoms with E-state index in [9.17, 15) is 14.4 Å². The molecule has 0 bridgehead atoms. The fourth-order valence-electron chi connectivity index (χ4n) is 1.96. The molecular weight excluding hydrogens is 226 g/mol. The number of ketones is 1. The van der Waals surface area contributed by atoms with E-state index >= 15 is 0 Å². The predicted molar refractivity (Wildman–Crippen MR) is 54.4 cm³/mol. The number of nitrogens with zero attached hydrogens (tertiary/aromatic N) is 1. The normalized spacial score (nSPS) is 28.1. The lowest BCUT2D eigenvalue weighted by Crippen LogP contribution is -2.42. The molecule has 17 heavy (non-hydrogen) atoms. The number of Topliss-reactive ketones (excluding diaryl/α,β-unsaturated/α-hetero) is 1. The second-order valence-corrected chi connectivity index (χ2v) is 3.93. The van der Waals surface area contributed by atoms with Crippen molar-refractivity contribution >= 4 is 17.7 Å². The Labute approximate surface area is 98.5 Å². The number of rotatable bonds is 2. The average Bonchev–Trinajstić information content (AvgIpc) is 2.37. The van der Waals surface area contributed by atoms with Gasteiger partial charge in [0.05, 0.1) is 20.3 Å². The number of ether oxygens (including phenoxy) is 2. The molecule has 1 rings (SSSR count). The van der Waals surface area contributed by atoms with Gasteiger partial charge in [0, 0.05) is 6.42 Å². The number of methoxy groups -OCH3 is 2. The Morgan fingerprint density at radius 2 is 2.06 bits per heavy atom. The molecule has 2 unspecified atom stereocenters. The third-order valence-electron chi connectivity index (χ3n) is 3.02. The van der Waals surface area contributed by atoms with Crippen LogP contribution in [-0.2, 0) is 23.9 Å². The number of carbonyl (C=O) groups excluding carboxylic acids is 3. The van der Waals surface area contributed by atoms with Gasteiger partial charge in [0.2, 0.25) is 0 Å².